The van der Waals surface area contributed by atoms with Crippen LogP contribution < -0.4 is 15.8 Å². The highest BCUT2D eigenvalue weighted by atomic mass is 32.1. The predicted molar refractivity (Wildman–Crippen MR) is 83.6 cm³/mol. The molecule has 3 N–H and O–H groups in total. The van der Waals surface area contributed by atoms with Gasteiger partial charge in [0.15, 0.2) is 0 Å². The molecule has 1 saturated carbocycles. The Labute approximate surface area is 128 Å². The number of nitrogens with zero attached hydrogens (tertiary/aromatic N) is 3. The number of ether oxygens (including phenoxy) is 1. The lowest BCUT2D eigenvalue weighted by atomic mass is 10.2. The summed E-state index contributed by atoms with van der Waals surface area (Å²) in [7, 11) is 0. The van der Waals surface area contributed by atoms with Crippen LogP contribution in [0.5, 0.6) is 5.88 Å². The molecule has 2 heterocycles. The molecule has 2 aromatic heterocycles. The second-order valence-electron chi connectivity index (χ2n) is 5.09. The minimum Gasteiger partial charge on any atom is -0.474 e. The maximum Gasteiger partial charge on any atom is 0.222 e. The van der Waals surface area contributed by atoms with Gasteiger partial charge in [0.1, 0.15) is 6.10 Å². The largest absolute Gasteiger partial charge is 0.474 e. The van der Waals surface area contributed by atoms with Crippen molar-refractivity contribution in [2.45, 2.75) is 36.3 Å². The smallest absolute Gasteiger partial charge is 0.222 e. The van der Waals surface area contributed by atoms with Crippen LogP contribution in [-0.4, -0.2) is 27.1 Å². The Morgan fingerprint density at radius 1 is 1.14 bits per heavy atom. The minimum absolute atomic E-state index is 0.155. The summed E-state index contributed by atoms with van der Waals surface area (Å²) in [5.41, 5.74) is 6.24. The van der Waals surface area contributed by atoms with Crippen molar-refractivity contribution in [2.24, 2.45) is 0 Å². The zero-order valence-electron chi connectivity index (χ0n) is 11.4. The van der Waals surface area contributed by atoms with Gasteiger partial charge in [-0.25, -0.2) is 15.0 Å². The van der Waals surface area contributed by atoms with Gasteiger partial charge >= 0.3 is 0 Å². The standard InChI is InChI=1S/C14H17N5OS/c15-9-1-4-13(16-6-9)20-11-3-2-10(5-11)19-14-17-7-12(21)8-18-14/h1,4,6-8,10-11,21H,2-3,5,15H2,(H,17,18,19)/t10-,11-/m0/s1. The van der Waals surface area contributed by atoms with E-state index in [9.17, 15) is 0 Å². The van der Waals surface area contributed by atoms with Gasteiger partial charge < -0.3 is 15.8 Å². The van der Waals surface area contributed by atoms with E-state index >= 15 is 0 Å². The molecule has 0 unspecified atom stereocenters. The van der Waals surface area contributed by atoms with Crippen LogP contribution in [0.25, 0.3) is 0 Å². The molecule has 0 aliphatic heterocycles. The molecule has 3 rings (SSSR count). The molecule has 1 aliphatic carbocycles. The van der Waals surface area contributed by atoms with E-state index in [1.807, 2.05) is 0 Å². The van der Waals surface area contributed by atoms with Crippen molar-refractivity contribution in [1.82, 2.24) is 15.0 Å². The fraction of sp³-hybridized carbons (Fsp3) is 0.357. The fourth-order valence-electron chi connectivity index (χ4n) is 2.39. The summed E-state index contributed by atoms with van der Waals surface area (Å²) in [6, 6.07) is 3.90. The Morgan fingerprint density at radius 3 is 2.67 bits per heavy atom. The number of hydrogen-bond donors (Lipinski definition) is 3. The summed E-state index contributed by atoms with van der Waals surface area (Å²) in [6.07, 6.45) is 8.02. The van der Waals surface area contributed by atoms with E-state index in [4.69, 9.17) is 10.5 Å². The number of nitrogens with one attached hydrogen (secondary N) is 1. The van der Waals surface area contributed by atoms with Crippen LogP contribution in [-0.2, 0) is 0 Å². The van der Waals surface area contributed by atoms with E-state index in [-0.39, 0.29) is 6.10 Å². The Bertz CT molecular complexity index is 536. The molecule has 1 fully saturated rings. The number of nitrogens with two attached hydrogens (primary N) is 1. The summed E-state index contributed by atoms with van der Waals surface area (Å²) in [6.45, 7) is 0. The zero-order valence-corrected chi connectivity index (χ0v) is 12.3. The molecule has 0 saturated heterocycles. The number of rotatable bonds is 4. The van der Waals surface area contributed by atoms with Gasteiger partial charge in [-0.3, -0.25) is 0 Å². The second kappa shape index (κ2) is 6.17. The van der Waals surface area contributed by atoms with Gasteiger partial charge in [0.2, 0.25) is 11.8 Å². The number of aromatic nitrogens is 3. The molecular formula is C14H17N5OS. The van der Waals surface area contributed by atoms with Gasteiger partial charge in [-0.05, 0) is 18.9 Å². The summed E-state index contributed by atoms with van der Waals surface area (Å²) >= 11 is 4.17. The third kappa shape index (κ3) is 3.75. The van der Waals surface area contributed by atoms with Crippen molar-refractivity contribution < 1.29 is 4.74 Å². The lowest BCUT2D eigenvalue weighted by molar-refractivity contribution is 0.200. The summed E-state index contributed by atoms with van der Waals surface area (Å²) in [5.74, 6) is 1.24. The average molecular weight is 303 g/mol. The van der Waals surface area contributed by atoms with Gasteiger partial charge in [0.25, 0.3) is 0 Å². The molecule has 2 atom stereocenters. The molecule has 0 bridgehead atoms. The Balaban J connectivity index is 1.53. The highest BCUT2D eigenvalue weighted by Gasteiger charge is 2.26. The number of nitrogen functional groups attached to an aromatic ring is 1. The van der Waals surface area contributed by atoms with Crippen LogP contribution in [0.4, 0.5) is 11.6 Å². The van der Waals surface area contributed by atoms with Crippen molar-refractivity contribution in [3.8, 4) is 5.88 Å². The Hall–Kier alpha value is -2.02. The monoisotopic (exact) mass is 303 g/mol. The molecule has 110 valence electrons. The highest BCUT2D eigenvalue weighted by Crippen LogP contribution is 2.25. The highest BCUT2D eigenvalue weighted by molar-refractivity contribution is 7.80. The normalized spacial score (nSPS) is 21.2. The summed E-state index contributed by atoms with van der Waals surface area (Å²) in [5, 5.41) is 3.32. The second-order valence-corrected chi connectivity index (χ2v) is 5.61. The number of hydrogen-bond acceptors (Lipinski definition) is 7. The topological polar surface area (TPSA) is 86.0 Å². The SMILES string of the molecule is Nc1ccc(O[C@H]2CC[C@H](Nc3ncc(S)cn3)C2)nc1. The predicted octanol–water partition coefficient (Wildman–Crippen LogP) is 2.15. The van der Waals surface area contributed by atoms with Crippen LogP contribution in [0.1, 0.15) is 19.3 Å². The van der Waals surface area contributed by atoms with E-state index in [1.165, 1.54) is 0 Å². The Morgan fingerprint density at radius 2 is 1.95 bits per heavy atom. The van der Waals surface area contributed by atoms with Gasteiger partial charge in [-0.2, -0.15) is 0 Å². The first-order chi connectivity index (χ1) is 10.2. The van der Waals surface area contributed by atoms with Crippen LogP contribution in [0.15, 0.2) is 35.6 Å². The fourth-order valence-corrected chi connectivity index (χ4v) is 2.50. The zero-order chi connectivity index (χ0) is 14.7. The third-order valence-electron chi connectivity index (χ3n) is 3.40. The van der Waals surface area contributed by atoms with Gasteiger partial charge in [-0.1, -0.05) is 0 Å². The van der Waals surface area contributed by atoms with Crippen molar-refractivity contribution >= 4 is 24.3 Å². The number of anilines is 2. The average Bonchev–Trinajstić information content (AvgIpc) is 2.91. The van der Waals surface area contributed by atoms with Crippen molar-refractivity contribution in [3.63, 3.8) is 0 Å². The maximum absolute atomic E-state index is 5.86. The third-order valence-corrected chi connectivity index (χ3v) is 3.63. The van der Waals surface area contributed by atoms with Crippen molar-refractivity contribution in [1.29, 1.82) is 0 Å². The van der Waals surface area contributed by atoms with E-state index in [1.54, 1.807) is 30.7 Å². The molecule has 21 heavy (non-hydrogen) atoms. The van der Waals surface area contributed by atoms with Crippen LogP contribution in [0.3, 0.4) is 0 Å². The van der Waals surface area contributed by atoms with Gasteiger partial charge in [0, 0.05) is 35.8 Å². The van der Waals surface area contributed by atoms with Gasteiger partial charge in [-0.15, -0.1) is 12.6 Å². The van der Waals surface area contributed by atoms with Crippen LogP contribution >= 0.6 is 12.6 Å². The molecule has 2 aromatic rings. The quantitative estimate of drug-likeness (QED) is 0.750. The maximum atomic E-state index is 5.86. The molecule has 6 nitrogen and oxygen atoms in total. The lowest BCUT2D eigenvalue weighted by Crippen LogP contribution is -2.20. The van der Waals surface area contributed by atoms with E-state index in [0.717, 1.165) is 24.2 Å². The first-order valence-corrected chi connectivity index (χ1v) is 7.29. The van der Waals surface area contributed by atoms with Crippen molar-refractivity contribution in [2.75, 3.05) is 11.1 Å². The molecule has 0 radical (unpaired) electrons. The first-order valence-electron chi connectivity index (χ1n) is 6.85. The summed E-state index contributed by atoms with van der Waals surface area (Å²) in [4.78, 5) is 13.3. The summed E-state index contributed by atoms with van der Waals surface area (Å²) < 4.78 is 5.86. The molecule has 7 heteroatoms. The molecule has 0 aromatic carbocycles. The minimum atomic E-state index is 0.155. The van der Waals surface area contributed by atoms with Crippen LogP contribution in [0, 0.1) is 0 Å². The van der Waals surface area contributed by atoms with Crippen LogP contribution in [0.2, 0.25) is 0 Å². The van der Waals surface area contributed by atoms with E-state index < -0.39 is 0 Å². The van der Waals surface area contributed by atoms with Gasteiger partial charge in [0.05, 0.1) is 11.9 Å². The van der Waals surface area contributed by atoms with E-state index in [2.05, 4.69) is 32.9 Å². The molecule has 1 aliphatic rings. The Kier molecular flexibility index (Phi) is 4.10. The lowest BCUT2D eigenvalue weighted by Gasteiger charge is -2.14. The molecule has 0 spiro atoms. The van der Waals surface area contributed by atoms with Crippen molar-refractivity contribution in [3.05, 3.63) is 30.7 Å². The first kappa shape index (κ1) is 13.9. The number of pyridine rings is 1. The molecule has 0 amide bonds. The number of thiol groups is 1. The molecular weight excluding hydrogens is 286 g/mol. The van der Waals surface area contributed by atoms with E-state index in [0.29, 0.717) is 23.6 Å².